The van der Waals surface area contributed by atoms with E-state index in [1.54, 1.807) is 18.2 Å². The van der Waals surface area contributed by atoms with Gasteiger partial charge < -0.3 is 14.2 Å². The average molecular weight is 206 g/mol. The number of fused-ring (bicyclic) bond motifs is 1. The van der Waals surface area contributed by atoms with E-state index < -0.39 is 0 Å². The van der Waals surface area contributed by atoms with Gasteiger partial charge in [0, 0.05) is 0 Å². The number of carbonyl (C=O) groups excluding carboxylic acids is 1. The fourth-order valence-electron chi connectivity index (χ4n) is 1.35. The van der Waals surface area contributed by atoms with Crippen LogP contribution in [0.15, 0.2) is 31.0 Å². The molecule has 4 nitrogen and oxygen atoms in total. The van der Waals surface area contributed by atoms with Crippen LogP contribution in [0.1, 0.15) is 5.56 Å². The van der Waals surface area contributed by atoms with Gasteiger partial charge in [-0.25, -0.2) is 0 Å². The lowest BCUT2D eigenvalue weighted by atomic mass is 10.1. The predicted octanol–water partition coefficient (Wildman–Crippen LogP) is 1.64. The van der Waals surface area contributed by atoms with E-state index >= 15 is 0 Å². The van der Waals surface area contributed by atoms with Crippen molar-refractivity contribution in [3.63, 3.8) is 0 Å². The summed E-state index contributed by atoms with van der Waals surface area (Å²) in [4.78, 5) is 11.1. The molecule has 1 aliphatic rings. The standard InChI is InChI=1S/C11H10O4/c1-2-13-11(12)6-8-3-4-9-10(5-8)15-7-14-9/h2-5H,1,6-7H2. The van der Waals surface area contributed by atoms with Crippen LogP contribution in [0.2, 0.25) is 0 Å². The Morgan fingerprint density at radius 2 is 2.27 bits per heavy atom. The molecule has 1 aromatic rings. The van der Waals surface area contributed by atoms with E-state index in [2.05, 4.69) is 11.3 Å². The topological polar surface area (TPSA) is 44.8 Å². The fourth-order valence-corrected chi connectivity index (χ4v) is 1.35. The first-order valence-electron chi connectivity index (χ1n) is 4.48. The second-order valence-electron chi connectivity index (χ2n) is 3.02. The summed E-state index contributed by atoms with van der Waals surface area (Å²) in [6, 6.07) is 5.35. The van der Waals surface area contributed by atoms with Gasteiger partial charge in [0.05, 0.1) is 12.7 Å². The molecule has 0 saturated heterocycles. The molecule has 0 fully saturated rings. The Morgan fingerprint density at radius 3 is 3.07 bits per heavy atom. The number of benzene rings is 1. The molecule has 0 atom stereocenters. The predicted molar refractivity (Wildman–Crippen MR) is 52.6 cm³/mol. The molecule has 0 aliphatic carbocycles. The van der Waals surface area contributed by atoms with E-state index in [1.165, 1.54) is 0 Å². The van der Waals surface area contributed by atoms with Gasteiger partial charge in [0.15, 0.2) is 11.5 Å². The Hall–Kier alpha value is -1.97. The fraction of sp³-hybridized carbons (Fsp3) is 0.182. The minimum atomic E-state index is -0.344. The molecule has 2 rings (SSSR count). The number of hydrogen-bond donors (Lipinski definition) is 0. The van der Waals surface area contributed by atoms with Crippen molar-refractivity contribution in [1.29, 1.82) is 0 Å². The second kappa shape index (κ2) is 4.04. The molecular weight excluding hydrogens is 196 g/mol. The summed E-state index contributed by atoms with van der Waals surface area (Å²) in [5.74, 6) is 1.03. The van der Waals surface area contributed by atoms with Crippen LogP contribution in [0.5, 0.6) is 11.5 Å². The zero-order valence-electron chi connectivity index (χ0n) is 8.06. The number of ether oxygens (including phenoxy) is 3. The highest BCUT2D eigenvalue weighted by atomic mass is 16.7. The molecule has 4 heteroatoms. The Balaban J connectivity index is 2.10. The number of carbonyl (C=O) groups is 1. The Bertz CT molecular complexity index is 398. The molecule has 0 radical (unpaired) electrons. The number of rotatable bonds is 3. The Labute approximate surface area is 87.1 Å². The third-order valence-electron chi connectivity index (χ3n) is 2.00. The van der Waals surface area contributed by atoms with Gasteiger partial charge in [0.25, 0.3) is 0 Å². The molecular formula is C11H10O4. The molecule has 0 aromatic heterocycles. The van der Waals surface area contributed by atoms with Crippen LogP contribution in [0, 0.1) is 0 Å². The van der Waals surface area contributed by atoms with Crippen molar-refractivity contribution < 1.29 is 19.0 Å². The SMILES string of the molecule is C=COC(=O)Cc1ccc2c(c1)OCO2. The van der Waals surface area contributed by atoms with E-state index in [4.69, 9.17) is 9.47 Å². The van der Waals surface area contributed by atoms with Gasteiger partial charge in [-0.3, -0.25) is 4.79 Å². The van der Waals surface area contributed by atoms with Crippen molar-refractivity contribution in [1.82, 2.24) is 0 Å². The monoisotopic (exact) mass is 206 g/mol. The summed E-state index contributed by atoms with van der Waals surface area (Å²) in [5.41, 5.74) is 0.825. The smallest absolute Gasteiger partial charge is 0.315 e. The van der Waals surface area contributed by atoms with Crippen molar-refractivity contribution in [2.45, 2.75) is 6.42 Å². The van der Waals surface area contributed by atoms with Crippen molar-refractivity contribution >= 4 is 5.97 Å². The third-order valence-corrected chi connectivity index (χ3v) is 2.00. The lowest BCUT2D eigenvalue weighted by molar-refractivity contribution is -0.137. The highest BCUT2D eigenvalue weighted by Crippen LogP contribution is 2.32. The first-order chi connectivity index (χ1) is 7.29. The molecule has 0 saturated carbocycles. The lowest BCUT2D eigenvalue weighted by Gasteiger charge is -2.01. The van der Waals surface area contributed by atoms with Crippen LogP contribution >= 0.6 is 0 Å². The van der Waals surface area contributed by atoms with Crippen LogP contribution < -0.4 is 9.47 Å². The highest BCUT2D eigenvalue weighted by molar-refractivity contribution is 5.73. The quantitative estimate of drug-likeness (QED) is 0.557. The van der Waals surface area contributed by atoms with Crippen molar-refractivity contribution in [3.8, 4) is 11.5 Å². The molecule has 0 spiro atoms. The van der Waals surface area contributed by atoms with Crippen LogP contribution in [-0.4, -0.2) is 12.8 Å². The van der Waals surface area contributed by atoms with E-state index in [9.17, 15) is 4.79 Å². The normalized spacial score (nSPS) is 12.3. The van der Waals surface area contributed by atoms with Crippen LogP contribution in [-0.2, 0) is 16.0 Å². The zero-order chi connectivity index (χ0) is 10.7. The van der Waals surface area contributed by atoms with Gasteiger partial charge in [-0.15, -0.1) is 0 Å². The van der Waals surface area contributed by atoms with Gasteiger partial charge in [0.1, 0.15) is 0 Å². The largest absolute Gasteiger partial charge is 0.454 e. The molecule has 15 heavy (non-hydrogen) atoms. The number of esters is 1. The first-order valence-corrected chi connectivity index (χ1v) is 4.48. The summed E-state index contributed by atoms with van der Waals surface area (Å²) in [5, 5.41) is 0. The molecule has 0 bridgehead atoms. The molecule has 1 heterocycles. The third kappa shape index (κ3) is 2.10. The summed E-state index contributed by atoms with van der Waals surface area (Å²) >= 11 is 0. The Morgan fingerprint density at radius 1 is 1.47 bits per heavy atom. The zero-order valence-corrected chi connectivity index (χ0v) is 8.06. The summed E-state index contributed by atoms with van der Waals surface area (Å²) in [7, 11) is 0. The molecule has 0 amide bonds. The maximum atomic E-state index is 11.1. The molecule has 0 N–H and O–H groups in total. The maximum absolute atomic E-state index is 11.1. The lowest BCUT2D eigenvalue weighted by Crippen LogP contribution is -2.03. The van der Waals surface area contributed by atoms with Crippen molar-refractivity contribution in [3.05, 3.63) is 36.6 Å². The summed E-state index contributed by atoms with van der Waals surface area (Å²) in [6.45, 7) is 3.54. The van der Waals surface area contributed by atoms with Crippen molar-refractivity contribution in [2.24, 2.45) is 0 Å². The molecule has 1 aromatic carbocycles. The van der Waals surface area contributed by atoms with E-state index in [-0.39, 0.29) is 19.2 Å². The van der Waals surface area contributed by atoms with Crippen molar-refractivity contribution in [2.75, 3.05) is 6.79 Å². The summed E-state index contributed by atoms with van der Waals surface area (Å²) in [6.07, 6.45) is 1.32. The van der Waals surface area contributed by atoms with Crippen LogP contribution in [0.4, 0.5) is 0 Å². The van der Waals surface area contributed by atoms with E-state index in [1.807, 2.05) is 0 Å². The second-order valence-corrected chi connectivity index (χ2v) is 3.02. The highest BCUT2D eigenvalue weighted by Gasteiger charge is 2.14. The Kier molecular flexibility index (Phi) is 2.58. The van der Waals surface area contributed by atoms with E-state index in [0.29, 0.717) is 11.5 Å². The number of hydrogen-bond acceptors (Lipinski definition) is 4. The molecule has 0 unspecified atom stereocenters. The maximum Gasteiger partial charge on any atom is 0.315 e. The van der Waals surface area contributed by atoms with Gasteiger partial charge in [-0.05, 0) is 17.7 Å². The van der Waals surface area contributed by atoms with Crippen LogP contribution in [0.25, 0.3) is 0 Å². The van der Waals surface area contributed by atoms with E-state index in [0.717, 1.165) is 11.8 Å². The summed E-state index contributed by atoms with van der Waals surface area (Å²) < 4.78 is 15.0. The first kappa shape index (κ1) is 9.58. The molecule has 78 valence electrons. The van der Waals surface area contributed by atoms with Gasteiger partial charge in [0.2, 0.25) is 6.79 Å². The van der Waals surface area contributed by atoms with Crippen LogP contribution in [0.3, 0.4) is 0 Å². The van der Waals surface area contributed by atoms with Gasteiger partial charge >= 0.3 is 5.97 Å². The minimum absolute atomic E-state index is 0.197. The van der Waals surface area contributed by atoms with Gasteiger partial charge in [-0.1, -0.05) is 12.6 Å². The average Bonchev–Trinajstić information content (AvgIpc) is 2.65. The molecule has 1 aliphatic heterocycles. The van der Waals surface area contributed by atoms with Gasteiger partial charge in [-0.2, -0.15) is 0 Å². The minimum Gasteiger partial charge on any atom is -0.454 e.